The molecule has 3 heterocycles. The Hall–Kier alpha value is -2.03. The highest BCUT2D eigenvalue weighted by Gasteiger charge is 2.29. The number of carbonyl (C=O) groups excluding carboxylic acids is 1. The molecule has 0 spiro atoms. The topological polar surface area (TPSA) is 70.6 Å². The van der Waals surface area contributed by atoms with Crippen molar-refractivity contribution in [2.75, 3.05) is 26.2 Å². The van der Waals surface area contributed by atoms with Gasteiger partial charge in [-0.25, -0.2) is 8.42 Å². The largest absolute Gasteiger partial charge is 0.337 e. The van der Waals surface area contributed by atoms with Gasteiger partial charge in [-0.1, -0.05) is 6.07 Å². The van der Waals surface area contributed by atoms with Crippen molar-refractivity contribution in [1.82, 2.24) is 14.2 Å². The molecule has 1 fully saturated rings. The van der Waals surface area contributed by atoms with Crippen molar-refractivity contribution >= 4 is 33.3 Å². The molecule has 1 aliphatic rings. The van der Waals surface area contributed by atoms with Gasteiger partial charge in [0.05, 0.1) is 0 Å². The van der Waals surface area contributed by atoms with E-state index in [0.717, 1.165) is 4.88 Å². The van der Waals surface area contributed by atoms with Crippen LogP contribution in [0.2, 0.25) is 0 Å². The number of thiophene rings is 1. The number of carbonyl (C=O) groups is 1. The Kier molecular flexibility index (Phi) is 5.08. The van der Waals surface area contributed by atoms with Gasteiger partial charge < -0.3 is 4.90 Å². The molecular weight excluding hydrogens is 346 g/mol. The van der Waals surface area contributed by atoms with Crippen LogP contribution in [0.5, 0.6) is 0 Å². The fourth-order valence-corrected chi connectivity index (χ4v) is 4.45. The molecule has 6 nitrogen and oxygen atoms in total. The minimum absolute atomic E-state index is 0.0955. The molecule has 126 valence electrons. The molecule has 0 unspecified atom stereocenters. The molecule has 24 heavy (non-hydrogen) atoms. The second kappa shape index (κ2) is 7.25. The van der Waals surface area contributed by atoms with Gasteiger partial charge in [0, 0.05) is 49.5 Å². The molecule has 3 rings (SSSR count). The molecular formula is C16H17N3O3S2. The smallest absolute Gasteiger partial charge is 0.246 e. The van der Waals surface area contributed by atoms with Crippen molar-refractivity contribution in [3.8, 4) is 0 Å². The van der Waals surface area contributed by atoms with Crippen molar-refractivity contribution in [3.05, 3.63) is 53.0 Å². The van der Waals surface area contributed by atoms with Crippen molar-refractivity contribution in [1.29, 1.82) is 0 Å². The standard InChI is InChI=1S/C16H17N3O3S2/c20-16(6-5-14-3-2-12-23-14)18-8-10-19(11-9-18)24(21,22)15-4-1-7-17-13-15/h1-7,12-13H,8-11H2. The average molecular weight is 363 g/mol. The number of hydrogen-bond acceptors (Lipinski definition) is 5. The summed E-state index contributed by atoms with van der Waals surface area (Å²) >= 11 is 1.56. The van der Waals surface area contributed by atoms with Crippen molar-refractivity contribution in [2.24, 2.45) is 0 Å². The van der Waals surface area contributed by atoms with Crippen LogP contribution < -0.4 is 0 Å². The van der Waals surface area contributed by atoms with Crippen LogP contribution in [0, 0.1) is 0 Å². The van der Waals surface area contributed by atoms with Crippen LogP contribution in [0.4, 0.5) is 0 Å². The van der Waals surface area contributed by atoms with E-state index in [1.807, 2.05) is 17.5 Å². The third-order valence-electron chi connectivity index (χ3n) is 3.76. The number of piperazine rings is 1. The van der Waals surface area contributed by atoms with Crippen LogP contribution in [0.15, 0.2) is 53.0 Å². The maximum Gasteiger partial charge on any atom is 0.246 e. The first kappa shape index (κ1) is 16.8. The fourth-order valence-electron chi connectivity index (χ4n) is 2.44. The van der Waals surface area contributed by atoms with Crippen molar-refractivity contribution in [2.45, 2.75) is 4.90 Å². The number of pyridine rings is 1. The van der Waals surface area contributed by atoms with Gasteiger partial charge >= 0.3 is 0 Å². The molecule has 1 amide bonds. The van der Waals surface area contributed by atoms with E-state index in [-0.39, 0.29) is 23.9 Å². The van der Waals surface area contributed by atoms with E-state index in [0.29, 0.717) is 13.1 Å². The molecule has 0 radical (unpaired) electrons. The van der Waals surface area contributed by atoms with Gasteiger partial charge in [0.2, 0.25) is 15.9 Å². The molecule has 1 saturated heterocycles. The van der Waals surface area contributed by atoms with Crippen molar-refractivity contribution in [3.63, 3.8) is 0 Å². The van der Waals surface area contributed by atoms with E-state index in [2.05, 4.69) is 4.98 Å². The van der Waals surface area contributed by atoms with Crippen LogP contribution in [-0.2, 0) is 14.8 Å². The lowest BCUT2D eigenvalue weighted by molar-refractivity contribution is -0.127. The molecule has 0 bridgehead atoms. The first-order chi connectivity index (χ1) is 11.6. The first-order valence-corrected chi connectivity index (χ1v) is 9.80. The molecule has 8 heteroatoms. The Morgan fingerprint density at radius 1 is 1.17 bits per heavy atom. The van der Waals surface area contributed by atoms with Crippen molar-refractivity contribution < 1.29 is 13.2 Å². The highest BCUT2D eigenvalue weighted by atomic mass is 32.2. The molecule has 0 atom stereocenters. The summed E-state index contributed by atoms with van der Waals surface area (Å²) in [6.45, 7) is 1.34. The Bertz CT molecular complexity index is 810. The van der Waals surface area contributed by atoms with Crippen LogP contribution in [0.3, 0.4) is 0 Å². The van der Waals surface area contributed by atoms with Gasteiger partial charge in [0.15, 0.2) is 0 Å². The SMILES string of the molecule is O=C(C=Cc1cccs1)N1CCN(S(=O)(=O)c2cccnc2)CC1. The molecule has 0 N–H and O–H groups in total. The summed E-state index contributed by atoms with van der Waals surface area (Å²) in [5, 5.41) is 1.95. The van der Waals surface area contributed by atoms with E-state index in [9.17, 15) is 13.2 Å². The number of sulfonamides is 1. The normalized spacial score (nSPS) is 16.6. The summed E-state index contributed by atoms with van der Waals surface area (Å²) in [7, 11) is -3.54. The number of amides is 1. The third kappa shape index (κ3) is 3.72. The molecule has 2 aromatic rings. The summed E-state index contributed by atoms with van der Waals surface area (Å²) in [6, 6.07) is 7.00. The highest BCUT2D eigenvalue weighted by Crippen LogP contribution is 2.17. The summed E-state index contributed by atoms with van der Waals surface area (Å²) in [4.78, 5) is 18.9. The molecule has 0 saturated carbocycles. The van der Waals surface area contributed by atoms with E-state index in [1.165, 1.54) is 28.8 Å². The first-order valence-electron chi connectivity index (χ1n) is 7.48. The van der Waals surface area contributed by atoms with Crippen LogP contribution in [0.25, 0.3) is 6.08 Å². The number of rotatable bonds is 4. The zero-order valence-electron chi connectivity index (χ0n) is 12.9. The second-order valence-electron chi connectivity index (χ2n) is 5.27. The highest BCUT2D eigenvalue weighted by molar-refractivity contribution is 7.89. The fraction of sp³-hybridized carbons (Fsp3) is 0.250. The number of nitrogens with zero attached hydrogens (tertiary/aromatic N) is 3. The number of hydrogen-bond donors (Lipinski definition) is 0. The Balaban J connectivity index is 1.60. The molecule has 0 aliphatic carbocycles. The van der Waals surface area contributed by atoms with Gasteiger partial charge in [0.25, 0.3) is 0 Å². The van der Waals surface area contributed by atoms with Gasteiger partial charge in [-0.3, -0.25) is 9.78 Å². The second-order valence-corrected chi connectivity index (χ2v) is 8.18. The zero-order chi connectivity index (χ0) is 17.0. The van der Waals surface area contributed by atoms with Crippen LogP contribution in [-0.4, -0.2) is 54.7 Å². The van der Waals surface area contributed by atoms with E-state index in [4.69, 9.17) is 0 Å². The quantitative estimate of drug-likeness (QED) is 0.775. The lowest BCUT2D eigenvalue weighted by Crippen LogP contribution is -2.50. The maximum atomic E-state index is 12.5. The van der Waals surface area contributed by atoms with E-state index in [1.54, 1.807) is 28.4 Å². The lowest BCUT2D eigenvalue weighted by Gasteiger charge is -2.33. The van der Waals surface area contributed by atoms with Gasteiger partial charge in [-0.15, -0.1) is 11.3 Å². The summed E-state index contributed by atoms with van der Waals surface area (Å²) in [5.74, 6) is -0.0955. The van der Waals surface area contributed by atoms with E-state index >= 15 is 0 Å². The van der Waals surface area contributed by atoms with Crippen LogP contribution >= 0.6 is 11.3 Å². The van der Waals surface area contributed by atoms with Gasteiger partial charge in [-0.2, -0.15) is 4.31 Å². The van der Waals surface area contributed by atoms with Crippen LogP contribution in [0.1, 0.15) is 4.88 Å². The predicted molar refractivity (Wildman–Crippen MR) is 92.9 cm³/mol. The van der Waals surface area contributed by atoms with Gasteiger partial charge in [0.1, 0.15) is 4.90 Å². The monoisotopic (exact) mass is 363 g/mol. The summed E-state index contributed by atoms with van der Waals surface area (Å²) < 4.78 is 26.4. The Labute approximate surface area is 145 Å². The molecule has 0 aromatic carbocycles. The minimum Gasteiger partial charge on any atom is -0.337 e. The Morgan fingerprint density at radius 3 is 2.58 bits per heavy atom. The predicted octanol–water partition coefficient (Wildman–Crippen LogP) is 1.69. The Morgan fingerprint density at radius 2 is 1.96 bits per heavy atom. The molecule has 1 aliphatic heterocycles. The van der Waals surface area contributed by atoms with E-state index < -0.39 is 10.0 Å². The average Bonchev–Trinajstić information content (AvgIpc) is 3.14. The minimum atomic E-state index is -3.54. The maximum absolute atomic E-state index is 12.5. The third-order valence-corrected chi connectivity index (χ3v) is 6.48. The lowest BCUT2D eigenvalue weighted by atomic mass is 10.3. The number of aromatic nitrogens is 1. The van der Waals surface area contributed by atoms with Gasteiger partial charge in [-0.05, 0) is 29.7 Å². The summed E-state index contributed by atoms with van der Waals surface area (Å²) in [5.41, 5.74) is 0. The molecule has 2 aromatic heterocycles. The summed E-state index contributed by atoms with van der Waals surface area (Å²) in [6.07, 6.45) is 6.20. The zero-order valence-corrected chi connectivity index (χ0v) is 14.5.